The van der Waals surface area contributed by atoms with Crippen molar-refractivity contribution in [3.63, 3.8) is 0 Å². The number of H-pyrrole nitrogens is 1. The molecule has 3 aromatic rings. The molecular formula is C21H24N4O3S. The van der Waals surface area contributed by atoms with Gasteiger partial charge < -0.3 is 14.3 Å². The first-order chi connectivity index (χ1) is 14.0. The number of ketones is 1. The minimum absolute atomic E-state index is 0.0963. The molecule has 7 nitrogen and oxygen atoms in total. The third-order valence-electron chi connectivity index (χ3n) is 4.75. The molecule has 8 heteroatoms. The Morgan fingerprint density at radius 1 is 1.17 bits per heavy atom. The number of methoxy groups -OCH3 is 1. The maximum absolute atomic E-state index is 12.8. The van der Waals surface area contributed by atoms with Gasteiger partial charge in [-0.1, -0.05) is 42.1 Å². The highest BCUT2D eigenvalue weighted by Gasteiger charge is 2.23. The minimum Gasteiger partial charge on any atom is -0.465 e. The Labute approximate surface area is 173 Å². The highest BCUT2D eigenvalue weighted by molar-refractivity contribution is 7.99. The summed E-state index contributed by atoms with van der Waals surface area (Å²) in [6.07, 6.45) is 0.688. The Kier molecular flexibility index (Phi) is 6.53. The van der Waals surface area contributed by atoms with Gasteiger partial charge in [0.2, 0.25) is 0 Å². The minimum atomic E-state index is -0.445. The molecule has 29 heavy (non-hydrogen) atoms. The van der Waals surface area contributed by atoms with Crippen molar-refractivity contribution in [3.8, 4) is 0 Å². The molecule has 0 saturated carbocycles. The maximum Gasteiger partial charge on any atom is 0.339 e. The van der Waals surface area contributed by atoms with Crippen molar-refractivity contribution in [1.29, 1.82) is 0 Å². The van der Waals surface area contributed by atoms with Crippen molar-refractivity contribution in [2.45, 2.75) is 38.9 Å². The number of nitrogens with zero attached hydrogens (tertiary/aromatic N) is 3. The summed E-state index contributed by atoms with van der Waals surface area (Å²) < 4.78 is 6.83. The highest BCUT2D eigenvalue weighted by Crippen LogP contribution is 2.23. The van der Waals surface area contributed by atoms with Crippen molar-refractivity contribution in [2.75, 3.05) is 12.9 Å². The van der Waals surface area contributed by atoms with Crippen LogP contribution in [0.25, 0.3) is 0 Å². The quantitative estimate of drug-likeness (QED) is 0.345. The van der Waals surface area contributed by atoms with E-state index in [1.807, 2.05) is 29.7 Å². The predicted molar refractivity (Wildman–Crippen MR) is 112 cm³/mol. The molecule has 0 bridgehead atoms. The van der Waals surface area contributed by atoms with Gasteiger partial charge in [0.05, 0.1) is 24.1 Å². The van der Waals surface area contributed by atoms with Crippen LogP contribution < -0.4 is 0 Å². The standard InChI is InChI=1S/C21H24N4O3S/c1-5-25-17(11-15-9-7-6-8-10-15)23-24-21(25)29-12-16(26)19-13(2)18(14(3)22-19)20(27)28-4/h6-10,22H,5,11-12H2,1-4H3. The number of Topliss-reactive ketones (excluding diaryl/α,β-unsaturated/α-hetero) is 1. The first-order valence-electron chi connectivity index (χ1n) is 9.35. The largest absolute Gasteiger partial charge is 0.465 e. The van der Waals surface area contributed by atoms with Crippen molar-refractivity contribution in [1.82, 2.24) is 19.7 Å². The van der Waals surface area contributed by atoms with Gasteiger partial charge in [-0.15, -0.1) is 10.2 Å². The number of rotatable bonds is 8. The van der Waals surface area contributed by atoms with Crippen LogP contribution in [0.2, 0.25) is 0 Å². The molecule has 3 rings (SSSR count). The lowest BCUT2D eigenvalue weighted by molar-refractivity contribution is 0.0599. The van der Waals surface area contributed by atoms with Crippen LogP contribution in [0.15, 0.2) is 35.5 Å². The lowest BCUT2D eigenvalue weighted by Crippen LogP contribution is -2.09. The van der Waals surface area contributed by atoms with Crippen molar-refractivity contribution >= 4 is 23.5 Å². The molecule has 0 fully saturated rings. The van der Waals surface area contributed by atoms with E-state index in [0.29, 0.717) is 34.1 Å². The van der Waals surface area contributed by atoms with E-state index >= 15 is 0 Å². The SMILES string of the molecule is CCn1c(Cc2ccccc2)nnc1SCC(=O)c1[nH]c(C)c(C(=O)OC)c1C. The number of carbonyl (C=O) groups excluding carboxylic acids is 2. The fraction of sp³-hybridized carbons (Fsp3) is 0.333. The van der Waals surface area contributed by atoms with Gasteiger partial charge in [0.1, 0.15) is 5.82 Å². The molecule has 0 aliphatic carbocycles. The molecular weight excluding hydrogens is 388 g/mol. The molecule has 2 aromatic heterocycles. The number of hydrogen-bond acceptors (Lipinski definition) is 6. The molecule has 2 heterocycles. The van der Waals surface area contributed by atoms with E-state index in [9.17, 15) is 9.59 Å². The van der Waals surface area contributed by atoms with Crippen molar-refractivity contribution in [2.24, 2.45) is 0 Å². The summed E-state index contributed by atoms with van der Waals surface area (Å²) in [6, 6.07) is 10.1. The molecule has 1 N–H and O–H groups in total. The van der Waals surface area contributed by atoms with Crippen LogP contribution in [0.4, 0.5) is 0 Å². The van der Waals surface area contributed by atoms with Gasteiger partial charge in [-0.2, -0.15) is 0 Å². The second kappa shape index (κ2) is 9.09. The molecule has 0 spiro atoms. The number of thioether (sulfide) groups is 1. The van der Waals surface area contributed by atoms with E-state index in [-0.39, 0.29) is 11.5 Å². The van der Waals surface area contributed by atoms with Crippen LogP contribution in [0.3, 0.4) is 0 Å². The zero-order valence-corrected chi connectivity index (χ0v) is 17.8. The number of aromatic nitrogens is 4. The van der Waals surface area contributed by atoms with Gasteiger partial charge >= 0.3 is 5.97 Å². The Bertz CT molecular complexity index is 1020. The Balaban J connectivity index is 1.73. The summed E-state index contributed by atoms with van der Waals surface area (Å²) >= 11 is 1.35. The van der Waals surface area contributed by atoms with Crippen LogP contribution >= 0.6 is 11.8 Å². The number of esters is 1. The van der Waals surface area contributed by atoms with Crippen LogP contribution in [0.5, 0.6) is 0 Å². The number of ether oxygens (including phenoxy) is 1. The summed E-state index contributed by atoms with van der Waals surface area (Å²) in [6.45, 7) is 6.26. The Hall–Kier alpha value is -2.87. The predicted octanol–water partition coefficient (Wildman–Crippen LogP) is 3.60. The van der Waals surface area contributed by atoms with Gasteiger partial charge in [-0.25, -0.2) is 4.79 Å². The molecule has 0 amide bonds. The van der Waals surface area contributed by atoms with Crippen LogP contribution in [-0.4, -0.2) is 44.4 Å². The summed E-state index contributed by atoms with van der Waals surface area (Å²) in [4.78, 5) is 27.7. The van der Waals surface area contributed by atoms with Crippen LogP contribution in [0, 0.1) is 13.8 Å². The number of aromatic amines is 1. The third kappa shape index (κ3) is 4.42. The number of benzene rings is 1. The molecule has 0 atom stereocenters. The zero-order chi connectivity index (χ0) is 21.0. The van der Waals surface area contributed by atoms with Crippen LogP contribution in [0.1, 0.15) is 50.4 Å². The first kappa shape index (κ1) is 20.9. The number of hydrogen-bond donors (Lipinski definition) is 1. The smallest absolute Gasteiger partial charge is 0.339 e. The number of aryl methyl sites for hydroxylation is 1. The summed E-state index contributed by atoms with van der Waals surface area (Å²) in [7, 11) is 1.33. The number of nitrogens with one attached hydrogen (secondary N) is 1. The zero-order valence-electron chi connectivity index (χ0n) is 17.0. The monoisotopic (exact) mass is 412 g/mol. The van der Waals surface area contributed by atoms with E-state index in [4.69, 9.17) is 4.74 Å². The van der Waals surface area contributed by atoms with Gasteiger partial charge in [0.15, 0.2) is 10.9 Å². The fourth-order valence-electron chi connectivity index (χ4n) is 3.29. The van der Waals surface area contributed by atoms with E-state index in [2.05, 4.69) is 27.3 Å². The number of carbonyl (C=O) groups is 2. The molecule has 0 saturated heterocycles. The van der Waals surface area contributed by atoms with Crippen LogP contribution in [-0.2, 0) is 17.7 Å². The second-order valence-corrected chi connectivity index (χ2v) is 7.58. The van der Waals surface area contributed by atoms with E-state index in [0.717, 1.165) is 17.9 Å². The van der Waals surface area contributed by atoms with E-state index in [1.54, 1.807) is 13.8 Å². The molecule has 0 radical (unpaired) electrons. The molecule has 152 valence electrons. The van der Waals surface area contributed by atoms with Gasteiger partial charge in [-0.05, 0) is 31.9 Å². The Morgan fingerprint density at radius 2 is 1.90 bits per heavy atom. The van der Waals surface area contributed by atoms with Crippen molar-refractivity contribution < 1.29 is 14.3 Å². The lowest BCUT2D eigenvalue weighted by Gasteiger charge is -2.07. The highest BCUT2D eigenvalue weighted by atomic mass is 32.2. The van der Waals surface area contributed by atoms with Crippen molar-refractivity contribution in [3.05, 3.63) is 64.2 Å². The molecule has 1 aromatic carbocycles. The van der Waals surface area contributed by atoms with Gasteiger partial charge in [-0.3, -0.25) is 4.79 Å². The summed E-state index contributed by atoms with van der Waals surface area (Å²) in [5.41, 5.74) is 3.26. The molecule has 0 unspecified atom stereocenters. The lowest BCUT2D eigenvalue weighted by atomic mass is 10.1. The van der Waals surface area contributed by atoms with E-state index < -0.39 is 5.97 Å². The maximum atomic E-state index is 12.8. The Morgan fingerprint density at radius 3 is 2.55 bits per heavy atom. The topological polar surface area (TPSA) is 89.9 Å². The van der Waals surface area contributed by atoms with Gasteiger partial charge in [0.25, 0.3) is 0 Å². The first-order valence-corrected chi connectivity index (χ1v) is 10.3. The summed E-state index contributed by atoms with van der Waals surface area (Å²) in [5.74, 6) is 0.527. The fourth-order valence-corrected chi connectivity index (χ4v) is 4.19. The summed E-state index contributed by atoms with van der Waals surface area (Å²) in [5, 5.41) is 9.30. The van der Waals surface area contributed by atoms with E-state index in [1.165, 1.54) is 18.9 Å². The normalized spacial score (nSPS) is 10.9. The molecule has 0 aliphatic rings. The van der Waals surface area contributed by atoms with Gasteiger partial charge in [0, 0.05) is 18.7 Å². The average molecular weight is 413 g/mol. The second-order valence-electron chi connectivity index (χ2n) is 6.63. The average Bonchev–Trinajstić information content (AvgIpc) is 3.25. The molecule has 0 aliphatic heterocycles. The third-order valence-corrected chi connectivity index (χ3v) is 5.72.